The van der Waals surface area contributed by atoms with Gasteiger partial charge in [0.25, 0.3) is 0 Å². The second-order valence-corrected chi connectivity index (χ2v) is 3.81. The van der Waals surface area contributed by atoms with Gasteiger partial charge in [0.2, 0.25) is 11.8 Å². The summed E-state index contributed by atoms with van der Waals surface area (Å²) in [6.07, 6.45) is 1.53. The van der Waals surface area contributed by atoms with Crippen LogP contribution in [0.4, 0.5) is 10.3 Å². The lowest BCUT2D eigenvalue weighted by molar-refractivity contribution is 0.427. The Morgan fingerprint density at radius 3 is 3.00 bits per heavy atom. The Morgan fingerprint density at radius 1 is 1.39 bits per heavy atom. The number of nitrogens with one attached hydrogen (secondary N) is 1. The molecule has 0 atom stereocenters. The lowest BCUT2D eigenvalue weighted by Gasteiger charge is -2.07. The molecule has 0 aliphatic heterocycles. The molecule has 0 saturated heterocycles. The van der Waals surface area contributed by atoms with E-state index in [-0.39, 0.29) is 16.7 Å². The Kier molecular flexibility index (Phi) is 3.94. The molecule has 0 aliphatic carbocycles. The topological polar surface area (TPSA) is 47.0 Å². The van der Waals surface area contributed by atoms with Crippen molar-refractivity contribution in [2.75, 3.05) is 11.9 Å². The largest absolute Gasteiger partial charge is 0.436 e. The van der Waals surface area contributed by atoms with Crippen LogP contribution in [-0.2, 0) is 0 Å². The van der Waals surface area contributed by atoms with Crippen LogP contribution in [0.15, 0.2) is 30.5 Å². The summed E-state index contributed by atoms with van der Waals surface area (Å²) < 4.78 is 18.9. The van der Waals surface area contributed by atoms with Crippen LogP contribution in [0, 0.1) is 5.82 Å². The minimum Gasteiger partial charge on any atom is -0.436 e. The van der Waals surface area contributed by atoms with Crippen molar-refractivity contribution in [2.24, 2.45) is 0 Å². The Morgan fingerprint density at radius 2 is 2.22 bits per heavy atom. The van der Waals surface area contributed by atoms with Gasteiger partial charge < -0.3 is 10.1 Å². The van der Waals surface area contributed by atoms with Crippen molar-refractivity contribution >= 4 is 17.5 Å². The highest BCUT2D eigenvalue weighted by molar-refractivity contribution is 6.30. The van der Waals surface area contributed by atoms with Crippen molar-refractivity contribution in [3.05, 3.63) is 41.3 Å². The molecule has 0 saturated carbocycles. The SMILES string of the molecule is CCNc1nccc(Oc2cccc(Cl)c2F)n1. The lowest BCUT2D eigenvalue weighted by atomic mass is 10.3. The van der Waals surface area contributed by atoms with E-state index in [2.05, 4.69) is 15.3 Å². The average molecular weight is 268 g/mol. The second kappa shape index (κ2) is 5.64. The summed E-state index contributed by atoms with van der Waals surface area (Å²) in [4.78, 5) is 8.06. The van der Waals surface area contributed by atoms with E-state index in [9.17, 15) is 4.39 Å². The summed E-state index contributed by atoms with van der Waals surface area (Å²) in [6.45, 7) is 2.61. The molecule has 0 spiro atoms. The third-order valence-electron chi connectivity index (χ3n) is 2.10. The predicted octanol–water partition coefficient (Wildman–Crippen LogP) is 3.49. The maximum Gasteiger partial charge on any atom is 0.225 e. The summed E-state index contributed by atoms with van der Waals surface area (Å²) in [7, 11) is 0. The van der Waals surface area contributed by atoms with Gasteiger partial charge in [-0.3, -0.25) is 0 Å². The fourth-order valence-corrected chi connectivity index (χ4v) is 1.48. The molecular formula is C12H11ClFN3O. The fraction of sp³-hybridized carbons (Fsp3) is 0.167. The van der Waals surface area contributed by atoms with Gasteiger partial charge in [0.15, 0.2) is 11.6 Å². The Labute approximate surface area is 109 Å². The van der Waals surface area contributed by atoms with Crippen LogP contribution in [0.1, 0.15) is 6.92 Å². The minimum absolute atomic E-state index is 0.00784. The molecule has 0 radical (unpaired) electrons. The van der Waals surface area contributed by atoms with Crippen LogP contribution in [0.2, 0.25) is 5.02 Å². The first kappa shape index (κ1) is 12.6. The van der Waals surface area contributed by atoms with E-state index in [1.54, 1.807) is 12.1 Å². The highest BCUT2D eigenvalue weighted by atomic mass is 35.5. The summed E-state index contributed by atoms with van der Waals surface area (Å²) in [5.41, 5.74) is 0. The van der Waals surface area contributed by atoms with E-state index in [0.29, 0.717) is 12.5 Å². The number of benzene rings is 1. The molecule has 18 heavy (non-hydrogen) atoms. The van der Waals surface area contributed by atoms with E-state index < -0.39 is 5.82 Å². The lowest BCUT2D eigenvalue weighted by Crippen LogP contribution is -2.02. The van der Waals surface area contributed by atoms with Gasteiger partial charge in [-0.25, -0.2) is 9.37 Å². The summed E-state index contributed by atoms with van der Waals surface area (Å²) in [5, 5.41) is 2.95. The molecule has 1 aromatic carbocycles. The first-order valence-electron chi connectivity index (χ1n) is 5.39. The Bertz CT molecular complexity index is 551. The van der Waals surface area contributed by atoms with E-state index in [0.717, 1.165) is 0 Å². The molecule has 6 heteroatoms. The first-order chi connectivity index (χ1) is 8.70. The van der Waals surface area contributed by atoms with Crippen molar-refractivity contribution in [3.63, 3.8) is 0 Å². The zero-order chi connectivity index (χ0) is 13.0. The van der Waals surface area contributed by atoms with Gasteiger partial charge in [0.1, 0.15) is 0 Å². The van der Waals surface area contributed by atoms with E-state index in [1.807, 2.05) is 6.92 Å². The zero-order valence-corrected chi connectivity index (χ0v) is 10.4. The molecule has 4 nitrogen and oxygen atoms in total. The standard InChI is InChI=1S/C12H11ClFN3O/c1-2-15-12-16-7-6-10(17-12)18-9-5-3-4-8(13)11(9)14/h3-7H,2H2,1H3,(H,15,16,17). The molecule has 94 valence electrons. The average Bonchev–Trinajstić information content (AvgIpc) is 2.36. The van der Waals surface area contributed by atoms with Gasteiger partial charge in [-0.2, -0.15) is 4.98 Å². The highest BCUT2D eigenvalue weighted by Gasteiger charge is 2.09. The Balaban J connectivity index is 2.23. The molecule has 0 unspecified atom stereocenters. The molecule has 1 heterocycles. The number of nitrogens with zero attached hydrogens (tertiary/aromatic N) is 2. The van der Waals surface area contributed by atoms with Crippen molar-refractivity contribution in [3.8, 4) is 11.6 Å². The molecule has 2 aromatic rings. The van der Waals surface area contributed by atoms with Crippen LogP contribution >= 0.6 is 11.6 Å². The van der Waals surface area contributed by atoms with Crippen molar-refractivity contribution in [1.82, 2.24) is 9.97 Å². The molecular weight excluding hydrogens is 257 g/mol. The third-order valence-corrected chi connectivity index (χ3v) is 2.39. The number of anilines is 1. The fourth-order valence-electron chi connectivity index (χ4n) is 1.32. The van der Waals surface area contributed by atoms with Crippen molar-refractivity contribution in [2.45, 2.75) is 6.92 Å². The molecule has 0 aliphatic rings. The first-order valence-corrected chi connectivity index (χ1v) is 5.77. The van der Waals surface area contributed by atoms with E-state index in [4.69, 9.17) is 16.3 Å². The van der Waals surface area contributed by atoms with Gasteiger partial charge in [-0.05, 0) is 19.1 Å². The quantitative estimate of drug-likeness (QED) is 0.921. The number of ether oxygens (including phenoxy) is 1. The maximum atomic E-state index is 13.6. The molecule has 2 rings (SSSR count). The predicted molar refractivity (Wildman–Crippen MR) is 67.7 cm³/mol. The van der Waals surface area contributed by atoms with E-state index in [1.165, 1.54) is 18.3 Å². The van der Waals surface area contributed by atoms with Gasteiger partial charge in [-0.1, -0.05) is 17.7 Å². The number of halogens is 2. The van der Waals surface area contributed by atoms with Gasteiger partial charge in [-0.15, -0.1) is 0 Å². The van der Waals surface area contributed by atoms with Crippen molar-refractivity contribution < 1.29 is 9.13 Å². The molecule has 0 bridgehead atoms. The van der Waals surface area contributed by atoms with Crippen LogP contribution < -0.4 is 10.1 Å². The molecule has 1 aromatic heterocycles. The minimum atomic E-state index is -0.609. The monoisotopic (exact) mass is 267 g/mol. The number of rotatable bonds is 4. The number of hydrogen-bond acceptors (Lipinski definition) is 4. The van der Waals surface area contributed by atoms with Crippen LogP contribution in [-0.4, -0.2) is 16.5 Å². The van der Waals surface area contributed by atoms with Gasteiger partial charge in [0, 0.05) is 18.8 Å². The normalized spacial score (nSPS) is 10.2. The third kappa shape index (κ3) is 2.87. The summed E-state index contributed by atoms with van der Waals surface area (Å²) >= 11 is 5.66. The number of hydrogen-bond donors (Lipinski definition) is 1. The second-order valence-electron chi connectivity index (χ2n) is 3.40. The number of aromatic nitrogens is 2. The van der Waals surface area contributed by atoms with Crippen molar-refractivity contribution in [1.29, 1.82) is 0 Å². The Hall–Kier alpha value is -1.88. The molecule has 0 amide bonds. The van der Waals surface area contributed by atoms with Gasteiger partial charge in [0.05, 0.1) is 5.02 Å². The molecule has 0 fully saturated rings. The maximum absolute atomic E-state index is 13.6. The summed E-state index contributed by atoms with van der Waals surface area (Å²) in [5.74, 6) is 0.103. The smallest absolute Gasteiger partial charge is 0.225 e. The van der Waals surface area contributed by atoms with Crippen LogP contribution in [0.3, 0.4) is 0 Å². The van der Waals surface area contributed by atoms with E-state index >= 15 is 0 Å². The zero-order valence-electron chi connectivity index (χ0n) is 9.65. The molecule has 1 N–H and O–H groups in total. The highest BCUT2D eigenvalue weighted by Crippen LogP contribution is 2.27. The van der Waals surface area contributed by atoms with Crippen LogP contribution in [0.5, 0.6) is 11.6 Å². The summed E-state index contributed by atoms with van der Waals surface area (Å²) in [6, 6.07) is 6.08. The van der Waals surface area contributed by atoms with Crippen LogP contribution in [0.25, 0.3) is 0 Å². The van der Waals surface area contributed by atoms with Gasteiger partial charge >= 0.3 is 0 Å².